The van der Waals surface area contributed by atoms with Crippen LogP contribution in [0, 0.1) is 11.3 Å². The van der Waals surface area contributed by atoms with Crippen LogP contribution in [0.4, 0.5) is 0 Å². The summed E-state index contributed by atoms with van der Waals surface area (Å²) in [6.45, 7) is 7.95. The summed E-state index contributed by atoms with van der Waals surface area (Å²) in [7, 11) is 2.29. The average molecular weight is 197 g/mol. The van der Waals surface area contributed by atoms with Crippen LogP contribution in [0.1, 0.15) is 33.1 Å². The van der Waals surface area contributed by atoms with E-state index in [0.29, 0.717) is 5.41 Å². The Morgan fingerprint density at radius 1 is 1.29 bits per heavy atom. The van der Waals surface area contributed by atoms with Crippen LogP contribution >= 0.6 is 0 Å². The normalized spacial score (nSPS) is 33.0. The molecule has 2 heteroatoms. The maximum atomic E-state index is 5.47. The number of rotatable bonds is 1. The third kappa shape index (κ3) is 1.82. The van der Waals surface area contributed by atoms with E-state index < -0.39 is 0 Å². The summed E-state index contributed by atoms with van der Waals surface area (Å²) >= 11 is 0. The molecule has 0 amide bonds. The molecular formula is C12H23NO. The summed E-state index contributed by atoms with van der Waals surface area (Å²) in [5, 5.41) is 0. The molecule has 2 nitrogen and oxygen atoms in total. The van der Waals surface area contributed by atoms with Gasteiger partial charge in [0.15, 0.2) is 0 Å². The van der Waals surface area contributed by atoms with Gasteiger partial charge in [-0.3, -0.25) is 0 Å². The SMILES string of the molecule is CC(C)C1CC2(CCOCC2)CN1C. The van der Waals surface area contributed by atoms with Crippen molar-refractivity contribution in [2.45, 2.75) is 39.2 Å². The molecular weight excluding hydrogens is 174 g/mol. The minimum Gasteiger partial charge on any atom is -0.381 e. The molecule has 0 aromatic heterocycles. The van der Waals surface area contributed by atoms with Crippen LogP contribution in [0.25, 0.3) is 0 Å². The van der Waals surface area contributed by atoms with Crippen molar-refractivity contribution < 1.29 is 4.74 Å². The topological polar surface area (TPSA) is 12.5 Å². The molecule has 0 saturated carbocycles. The first kappa shape index (κ1) is 10.4. The summed E-state index contributed by atoms with van der Waals surface area (Å²) in [5.74, 6) is 0.794. The van der Waals surface area contributed by atoms with Gasteiger partial charge in [0.2, 0.25) is 0 Å². The molecule has 0 aromatic carbocycles. The van der Waals surface area contributed by atoms with E-state index in [1.807, 2.05) is 0 Å². The van der Waals surface area contributed by atoms with E-state index in [9.17, 15) is 0 Å². The Labute approximate surface area is 87.6 Å². The average Bonchev–Trinajstić information content (AvgIpc) is 2.44. The van der Waals surface area contributed by atoms with Gasteiger partial charge >= 0.3 is 0 Å². The van der Waals surface area contributed by atoms with Gasteiger partial charge in [0.25, 0.3) is 0 Å². The van der Waals surface area contributed by atoms with Crippen molar-refractivity contribution in [2.24, 2.45) is 11.3 Å². The van der Waals surface area contributed by atoms with Crippen LogP contribution in [-0.4, -0.2) is 37.7 Å². The van der Waals surface area contributed by atoms with Crippen molar-refractivity contribution in [3.8, 4) is 0 Å². The van der Waals surface area contributed by atoms with E-state index in [2.05, 4.69) is 25.8 Å². The van der Waals surface area contributed by atoms with E-state index in [4.69, 9.17) is 4.74 Å². The lowest BCUT2D eigenvalue weighted by Gasteiger charge is -2.33. The Bertz CT molecular complexity index is 196. The highest BCUT2D eigenvalue weighted by Crippen LogP contribution is 2.43. The van der Waals surface area contributed by atoms with Crippen molar-refractivity contribution in [1.82, 2.24) is 4.90 Å². The molecule has 2 fully saturated rings. The zero-order chi connectivity index (χ0) is 10.2. The molecule has 2 saturated heterocycles. The van der Waals surface area contributed by atoms with Crippen LogP contribution in [0.2, 0.25) is 0 Å². The van der Waals surface area contributed by atoms with Crippen molar-refractivity contribution in [3.63, 3.8) is 0 Å². The second-order valence-electron chi connectivity index (χ2n) is 5.54. The highest BCUT2D eigenvalue weighted by atomic mass is 16.5. The van der Waals surface area contributed by atoms with Gasteiger partial charge in [-0.05, 0) is 37.6 Å². The van der Waals surface area contributed by atoms with Gasteiger partial charge in [-0.2, -0.15) is 0 Å². The second kappa shape index (κ2) is 3.82. The fourth-order valence-electron chi connectivity index (χ4n) is 3.22. The summed E-state index contributed by atoms with van der Waals surface area (Å²) < 4.78 is 5.47. The Morgan fingerprint density at radius 2 is 1.93 bits per heavy atom. The smallest absolute Gasteiger partial charge is 0.0471 e. The predicted molar refractivity (Wildman–Crippen MR) is 58.4 cm³/mol. The van der Waals surface area contributed by atoms with Gasteiger partial charge in [-0.1, -0.05) is 13.8 Å². The number of nitrogens with zero attached hydrogens (tertiary/aromatic N) is 1. The van der Waals surface area contributed by atoms with E-state index >= 15 is 0 Å². The number of ether oxygens (including phenoxy) is 1. The first-order valence-corrected chi connectivity index (χ1v) is 5.91. The summed E-state index contributed by atoms with van der Waals surface area (Å²) in [6, 6.07) is 0.799. The summed E-state index contributed by atoms with van der Waals surface area (Å²) in [6.07, 6.45) is 3.95. The van der Waals surface area contributed by atoms with Gasteiger partial charge in [0.1, 0.15) is 0 Å². The zero-order valence-corrected chi connectivity index (χ0v) is 9.75. The third-order valence-electron chi connectivity index (χ3n) is 4.12. The van der Waals surface area contributed by atoms with Crippen molar-refractivity contribution >= 4 is 0 Å². The number of hydrogen-bond donors (Lipinski definition) is 0. The van der Waals surface area contributed by atoms with Gasteiger partial charge < -0.3 is 9.64 Å². The second-order valence-corrected chi connectivity index (χ2v) is 5.54. The van der Waals surface area contributed by atoms with Crippen molar-refractivity contribution in [3.05, 3.63) is 0 Å². The largest absolute Gasteiger partial charge is 0.381 e. The molecule has 1 unspecified atom stereocenters. The Hall–Kier alpha value is -0.0800. The molecule has 0 aliphatic carbocycles. The summed E-state index contributed by atoms with van der Waals surface area (Å²) in [4.78, 5) is 2.57. The number of likely N-dealkylation sites (tertiary alicyclic amines) is 1. The van der Waals surface area contributed by atoms with E-state index in [1.165, 1.54) is 25.8 Å². The molecule has 0 radical (unpaired) electrons. The molecule has 2 aliphatic heterocycles. The van der Waals surface area contributed by atoms with Gasteiger partial charge in [-0.15, -0.1) is 0 Å². The number of hydrogen-bond acceptors (Lipinski definition) is 2. The van der Waals surface area contributed by atoms with E-state index in [-0.39, 0.29) is 0 Å². The lowest BCUT2D eigenvalue weighted by atomic mass is 9.77. The first-order chi connectivity index (χ1) is 6.63. The molecule has 14 heavy (non-hydrogen) atoms. The van der Waals surface area contributed by atoms with Gasteiger partial charge in [0.05, 0.1) is 0 Å². The molecule has 2 rings (SSSR count). The molecule has 0 N–H and O–H groups in total. The molecule has 0 bridgehead atoms. The Morgan fingerprint density at radius 3 is 2.43 bits per heavy atom. The molecule has 2 aliphatic rings. The highest BCUT2D eigenvalue weighted by molar-refractivity contribution is 4.96. The Kier molecular flexibility index (Phi) is 2.85. The van der Waals surface area contributed by atoms with Crippen LogP contribution in [0.5, 0.6) is 0 Å². The minimum absolute atomic E-state index is 0.599. The fourth-order valence-corrected chi connectivity index (χ4v) is 3.22. The van der Waals surface area contributed by atoms with Crippen LogP contribution < -0.4 is 0 Å². The Balaban J connectivity index is 2.03. The van der Waals surface area contributed by atoms with Crippen LogP contribution in [0.3, 0.4) is 0 Å². The monoisotopic (exact) mass is 197 g/mol. The van der Waals surface area contributed by atoms with Crippen LogP contribution in [0.15, 0.2) is 0 Å². The van der Waals surface area contributed by atoms with Crippen LogP contribution in [-0.2, 0) is 4.74 Å². The van der Waals surface area contributed by atoms with Gasteiger partial charge in [0, 0.05) is 25.8 Å². The lowest BCUT2D eigenvalue weighted by molar-refractivity contribution is 0.0201. The third-order valence-corrected chi connectivity index (χ3v) is 4.12. The molecule has 0 aromatic rings. The maximum Gasteiger partial charge on any atom is 0.0471 e. The maximum absolute atomic E-state index is 5.47. The van der Waals surface area contributed by atoms with Gasteiger partial charge in [-0.25, -0.2) is 0 Å². The molecule has 1 spiro atoms. The standard InChI is InChI=1S/C12H23NO/c1-10(2)11-8-12(9-13(11)3)4-6-14-7-5-12/h10-11H,4-9H2,1-3H3. The molecule has 1 atom stereocenters. The van der Waals surface area contributed by atoms with E-state index in [0.717, 1.165) is 25.2 Å². The predicted octanol–water partition coefficient (Wildman–Crippen LogP) is 2.14. The minimum atomic E-state index is 0.599. The fraction of sp³-hybridized carbons (Fsp3) is 1.00. The zero-order valence-electron chi connectivity index (χ0n) is 9.75. The molecule has 82 valence electrons. The summed E-state index contributed by atoms with van der Waals surface area (Å²) in [5.41, 5.74) is 0.599. The van der Waals surface area contributed by atoms with Crippen molar-refractivity contribution in [1.29, 1.82) is 0 Å². The first-order valence-electron chi connectivity index (χ1n) is 5.91. The lowest BCUT2D eigenvalue weighted by Crippen LogP contribution is -2.32. The van der Waals surface area contributed by atoms with E-state index in [1.54, 1.807) is 0 Å². The van der Waals surface area contributed by atoms with Crippen molar-refractivity contribution in [2.75, 3.05) is 26.8 Å². The highest BCUT2D eigenvalue weighted by Gasteiger charge is 2.43. The molecule has 2 heterocycles. The quantitative estimate of drug-likeness (QED) is 0.638.